The van der Waals surface area contributed by atoms with Gasteiger partial charge in [-0.2, -0.15) is 0 Å². The molecule has 0 unspecified atom stereocenters. The second-order valence-electron chi connectivity index (χ2n) is 4.48. The van der Waals surface area contributed by atoms with Crippen LogP contribution in [0.25, 0.3) is 11.1 Å². The van der Waals surface area contributed by atoms with Crippen LogP contribution < -0.4 is 4.74 Å². The number of carbonyl (C=O) groups excluding carboxylic acids is 1. The smallest absolute Gasteiger partial charge is 0.465 e. The van der Waals surface area contributed by atoms with Crippen molar-refractivity contribution >= 4 is 5.97 Å². The fourth-order valence-corrected chi connectivity index (χ4v) is 1.90. The normalized spacial score (nSPS) is 11.1. The number of ether oxygens (including phenoxy) is 2. The number of hydrogen-bond acceptors (Lipinski definition) is 4. The molecule has 0 radical (unpaired) electrons. The molecule has 0 fully saturated rings. The Morgan fingerprint density at radius 3 is 2.45 bits per heavy atom. The number of rotatable bonds is 3. The maximum Gasteiger partial charge on any atom is 0.573 e. The van der Waals surface area contributed by atoms with Gasteiger partial charge in [0.1, 0.15) is 5.75 Å². The fourth-order valence-electron chi connectivity index (χ4n) is 1.90. The minimum atomic E-state index is -4.74. The van der Waals surface area contributed by atoms with E-state index < -0.39 is 12.3 Å². The highest BCUT2D eigenvalue weighted by Gasteiger charge is 2.31. The second kappa shape index (κ2) is 6.05. The van der Waals surface area contributed by atoms with E-state index in [-0.39, 0.29) is 11.3 Å². The van der Waals surface area contributed by atoms with Crippen molar-refractivity contribution < 1.29 is 27.4 Å². The number of halogens is 3. The third-order valence-corrected chi connectivity index (χ3v) is 2.89. The standard InChI is InChI=1S/C15H12F3NO3/c1-9-5-10(3-4-13(9)22-15(16,17)18)11-6-12(8-19-7-11)14(20)21-2/h3-8H,1-2H3. The van der Waals surface area contributed by atoms with Gasteiger partial charge in [0.05, 0.1) is 12.7 Å². The SMILES string of the molecule is COC(=O)c1cncc(-c2ccc(OC(F)(F)F)c(C)c2)c1. The van der Waals surface area contributed by atoms with E-state index in [1.54, 1.807) is 6.07 Å². The molecule has 22 heavy (non-hydrogen) atoms. The predicted molar refractivity (Wildman–Crippen MR) is 72.4 cm³/mol. The average Bonchev–Trinajstić information content (AvgIpc) is 2.47. The van der Waals surface area contributed by atoms with Crippen molar-refractivity contribution in [2.45, 2.75) is 13.3 Å². The number of aryl methyl sites for hydroxylation is 1. The van der Waals surface area contributed by atoms with Gasteiger partial charge >= 0.3 is 12.3 Å². The number of carbonyl (C=O) groups is 1. The minimum absolute atomic E-state index is 0.258. The summed E-state index contributed by atoms with van der Waals surface area (Å²) < 4.78 is 45.2. The molecule has 1 heterocycles. The lowest BCUT2D eigenvalue weighted by Crippen LogP contribution is -2.17. The van der Waals surface area contributed by atoms with Gasteiger partial charge in [0.25, 0.3) is 0 Å². The highest BCUT2D eigenvalue weighted by atomic mass is 19.4. The van der Waals surface area contributed by atoms with Crippen molar-refractivity contribution in [3.8, 4) is 16.9 Å². The van der Waals surface area contributed by atoms with Crippen LogP contribution in [0, 0.1) is 6.92 Å². The highest BCUT2D eigenvalue weighted by molar-refractivity contribution is 5.90. The minimum Gasteiger partial charge on any atom is -0.465 e. The van der Waals surface area contributed by atoms with E-state index in [0.717, 1.165) is 0 Å². The Balaban J connectivity index is 2.34. The summed E-state index contributed by atoms with van der Waals surface area (Å²) in [6.45, 7) is 1.50. The zero-order chi connectivity index (χ0) is 16.3. The van der Waals surface area contributed by atoms with Crippen LogP contribution in [0.1, 0.15) is 15.9 Å². The first-order valence-electron chi connectivity index (χ1n) is 6.20. The molecule has 0 amide bonds. The zero-order valence-electron chi connectivity index (χ0n) is 11.8. The summed E-state index contributed by atoms with van der Waals surface area (Å²) in [4.78, 5) is 15.4. The molecule has 1 aromatic carbocycles. The van der Waals surface area contributed by atoms with Crippen LogP contribution in [-0.2, 0) is 4.74 Å². The maximum atomic E-state index is 12.2. The Bertz CT molecular complexity index is 699. The lowest BCUT2D eigenvalue weighted by Gasteiger charge is -2.12. The van der Waals surface area contributed by atoms with Crippen LogP contribution in [0.2, 0.25) is 0 Å². The molecular weight excluding hydrogens is 299 g/mol. The van der Waals surface area contributed by atoms with Gasteiger partial charge < -0.3 is 9.47 Å². The van der Waals surface area contributed by atoms with Crippen LogP contribution in [0.5, 0.6) is 5.75 Å². The summed E-state index contributed by atoms with van der Waals surface area (Å²) in [5.41, 5.74) is 1.78. The summed E-state index contributed by atoms with van der Waals surface area (Å²) in [5.74, 6) is -0.809. The average molecular weight is 311 g/mol. The molecule has 0 saturated heterocycles. The van der Waals surface area contributed by atoms with Gasteiger partial charge in [0, 0.05) is 18.0 Å². The number of nitrogens with zero attached hydrogens (tertiary/aromatic N) is 1. The molecule has 1 aromatic heterocycles. The van der Waals surface area contributed by atoms with Crippen molar-refractivity contribution in [3.05, 3.63) is 47.8 Å². The molecule has 4 nitrogen and oxygen atoms in total. The molecule has 0 aliphatic heterocycles. The van der Waals surface area contributed by atoms with Gasteiger partial charge in [-0.15, -0.1) is 13.2 Å². The first-order valence-corrected chi connectivity index (χ1v) is 6.20. The summed E-state index contributed by atoms with van der Waals surface area (Å²) in [6.07, 6.45) is -1.88. The van der Waals surface area contributed by atoms with Crippen LogP contribution >= 0.6 is 0 Å². The van der Waals surface area contributed by atoms with Gasteiger partial charge in [-0.3, -0.25) is 4.98 Å². The highest BCUT2D eigenvalue weighted by Crippen LogP contribution is 2.30. The number of esters is 1. The van der Waals surface area contributed by atoms with Crippen LogP contribution in [-0.4, -0.2) is 24.4 Å². The van der Waals surface area contributed by atoms with Crippen molar-refractivity contribution in [1.82, 2.24) is 4.98 Å². The molecule has 0 N–H and O–H groups in total. The Morgan fingerprint density at radius 2 is 1.86 bits per heavy atom. The molecule has 0 aliphatic rings. The van der Waals surface area contributed by atoms with Crippen molar-refractivity contribution in [1.29, 1.82) is 0 Å². The number of methoxy groups -OCH3 is 1. The van der Waals surface area contributed by atoms with E-state index in [2.05, 4.69) is 14.5 Å². The number of pyridine rings is 1. The Labute approximate surface area is 124 Å². The number of alkyl halides is 3. The lowest BCUT2D eigenvalue weighted by molar-refractivity contribution is -0.274. The predicted octanol–water partition coefficient (Wildman–Crippen LogP) is 3.74. The summed E-state index contributed by atoms with van der Waals surface area (Å²) >= 11 is 0. The molecule has 0 saturated carbocycles. The van der Waals surface area contributed by atoms with Crippen molar-refractivity contribution in [3.63, 3.8) is 0 Å². The van der Waals surface area contributed by atoms with E-state index in [1.807, 2.05) is 0 Å². The van der Waals surface area contributed by atoms with Gasteiger partial charge in [0.15, 0.2) is 0 Å². The number of benzene rings is 1. The third-order valence-electron chi connectivity index (χ3n) is 2.89. The molecule has 0 bridgehead atoms. The van der Waals surface area contributed by atoms with E-state index in [1.165, 1.54) is 44.6 Å². The fraction of sp³-hybridized carbons (Fsp3) is 0.200. The van der Waals surface area contributed by atoms with Crippen LogP contribution in [0.3, 0.4) is 0 Å². The lowest BCUT2D eigenvalue weighted by atomic mass is 10.0. The monoisotopic (exact) mass is 311 g/mol. The largest absolute Gasteiger partial charge is 0.573 e. The molecule has 0 spiro atoms. The van der Waals surface area contributed by atoms with Crippen LogP contribution in [0.15, 0.2) is 36.7 Å². The van der Waals surface area contributed by atoms with E-state index >= 15 is 0 Å². The molecule has 2 rings (SSSR count). The first-order chi connectivity index (χ1) is 10.3. The quantitative estimate of drug-likeness (QED) is 0.810. The van der Waals surface area contributed by atoms with E-state index in [4.69, 9.17) is 0 Å². The van der Waals surface area contributed by atoms with E-state index in [9.17, 15) is 18.0 Å². The second-order valence-corrected chi connectivity index (χ2v) is 4.48. The zero-order valence-corrected chi connectivity index (χ0v) is 11.8. The van der Waals surface area contributed by atoms with Gasteiger partial charge in [-0.25, -0.2) is 4.79 Å². The Kier molecular flexibility index (Phi) is 4.35. The van der Waals surface area contributed by atoms with Crippen LogP contribution in [0.4, 0.5) is 13.2 Å². The summed E-state index contributed by atoms with van der Waals surface area (Å²) in [5, 5.41) is 0. The van der Waals surface area contributed by atoms with Crippen molar-refractivity contribution in [2.75, 3.05) is 7.11 Å². The molecule has 0 atom stereocenters. The molecule has 116 valence electrons. The molecule has 0 aliphatic carbocycles. The molecule has 2 aromatic rings. The van der Waals surface area contributed by atoms with Crippen molar-refractivity contribution in [2.24, 2.45) is 0 Å². The molecule has 7 heteroatoms. The maximum absolute atomic E-state index is 12.2. The Morgan fingerprint density at radius 1 is 1.14 bits per heavy atom. The molecular formula is C15H12F3NO3. The van der Waals surface area contributed by atoms with Gasteiger partial charge in [-0.05, 0) is 36.2 Å². The first kappa shape index (κ1) is 15.8. The van der Waals surface area contributed by atoms with Gasteiger partial charge in [-0.1, -0.05) is 6.07 Å². The summed E-state index contributed by atoms with van der Waals surface area (Å²) in [6, 6.07) is 5.77. The number of aromatic nitrogens is 1. The topological polar surface area (TPSA) is 48.4 Å². The summed E-state index contributed by atoms with van der Waals surface area (Å²) in [7, 11) is 1.25. The number of hydrogen-bond donors (Lipinski definition) is 0. The Hall–Kier alpha value is -2.57. The third kappa shape index (κ3) is 3.75. The van der Waals surface area contributed by atoms with Gasteiger partial charge in [0.2, 0.25) is 0 Å². The van der Waals surface area contributed by atoms with E-state index in [0.29, 0.717) is 16.7 Å².